The topological polar surface area (TPSA) is 85.4 Å². The molecule has 9 heteroatoms. The summed E-state index contributed by atoms with van der Waals surface area (Å²) < 4.78 is 45.4. The second-order valence-corrected chi connectivity index (χ2v) is 12.1. The number of ether oxygens (including phenoxy) is 3. The molecule has 0 saturated carbocycles. The van der Waals surface area contributed by atoms with Crippen LogP contribution >= 0.6 is 0 Å². The zero-order valence-corrected chi connectivity index (χ0v) is 21.9. The van der Waals surface area contributed by atoms with Crippen LogP contribution in [0.1, 0.15) is 39.9 Å². The van der Waals surface area contributed by atoms with Crippen molar-refractivity contribution in [2.24, 2.45) is 0 Å². The van der Waals surface area contributed by atoms with Crippen molar-refractivity contribution in [1.82, 2.24) is 9.21 Å². The third-order valence-electron chi connectivity index (χ3n) is 7.37. The van der Waals surface area contributed by atoms with Gasteiger partial charge in [0.25, 0.3) is 5.91 Å². The van der Waals surface area contributed by atoms with Crippen molar-refractivity contribution >= 4 is 15.9 Å². The van der Waals surface area contributed by atoms with Crippen molar-refractivity contribution in [3.63, 3.8) is 0 Å². The molecule has 0 spiro atoms. The minimum atomic E-state index is -3.46. The number of morpholine rings is 1. The zero-order chi connectivity index (χ0) is 25.4. The Morgan fingerprint density at radius 2 is 1.72 bits per heavy atom. The zero-order valence-electron chi connectivity index (χ0n) is 21.1. The van der Waals surface area contributed by atoms with Gasteiger partial charge in [-0.1, -0.05) is 29.8 Å². The van der Waals surface area contributed by atoms with Gasteiger partial charge in [-0.25, -0.2) is 8.42 Å². The molecular weight excluding hydrogens is 480 g/mol. The van der Waals surface area contributed by atoms with E-state index in [1.54, 1.807) is 34.5 Å². The number of likely N-dealkylation sites (tertiary alicyclic amines) is 1. The Morgan fingerprint density at radius 3 is 2.44 bits per heavy atom. The monoisotopic (exact) mass is 514 g/mol. The van der Waals surface area contributed by atoms with E-state index in [0.717, 1.165) is 24.0 Å². The molecule has 3 aliphatic rings. The maximum absolute atomic E-state index is 13.2. The first-order chi connectivity index (χ1) is 17.2. The average Bonchev–Trinajstić information content (AvgIpc) is 3.41. The molecule has 3 fully saturated rings. The third kappa shape index (κ3) is 5.29. The fraction of sp³-hybridized carbons (Fsp3) is 0.519. The van der Waals surface area contributed by atoms with Crippen LogP contribution in [0.3, 0.4) is 0 Å². The van der Waals surface area contributed by atoms with Crippen LogP contribution in [-0.4, -0.2) is 81.2 Å². The predicted molar refractivity (Wildman–Crippen MR) is 136 cm³/mol. The first-order valence-electron chi connectivity index (χ1n) is 12.5. The molecule has 5 rings (SSSR count). The van der Waals surface area contributed by atoms with Gasteiger partial charge >= 0.3 is 0 Å². The van der Waals surface area contributed by atoms with E-state index in [2.05, 4.69) is 0 Å². The SMILES string of the molecule is COC1CN(C(=O)c2cc(C)ccc2C)CC1Oc1cccc(CS(=O)(=O)N2CC3CCC(C2)O3)c1. The maximum Gasteiger partial charge on any atom is 0.254 e. The van der Waals surface area contributed by atoms with Gasteiger partial charge in [0.15, 0.2) is 0 Å². The molecule has 0 aromatic heterocycles. The second kappa shape index (κ2) is 10.1. The van der Waals surface area contributed by atoms with E-state index in [1.165, 1.54) is 0 Å². The van der Waals surface area contributed by atoms with Crippen LogP contribution in [0.15, 0.2) is 42.5 Å². The van der Waals surface area contributed by atoms with Gasteiger partial charge in [0.2, 0.25) is 10.0 Å². The normalized spacial score (nSPS) is 26.4. The van der Waals surface area contributed by atoms with E-state index in [0.29, 0.717) is 43.1 Å². The Bertz CT molecular complexity index is 1220. The summed E-state index contributed by atoms with van der Waals surface area (Å²) in [5.74, 6) is 0.445. The number of hydrogen-bond donors (Lipinski definition) is 0. The molecule has 0 radical (unpaired) electrons. The molecule has 8 nitrogen and oxygen atoms in total. The number of amides is 1. The Kier molecular flexibility index (Phi) is 7.09. The highest BCUT2D eigenvalue weighted by atomic mass is 32.2. The van der Waals surface area contributed by atoms with Crippen molar-refractivity contribution in [1.29, 1.82) is 0 Å². The number of benzene rings is 2. The van der Waals surface area contributed by atoms with E-state index in [1.807, 2.05) is 38.1 Å². The van der Waals surface area contributed by atoms with Gasteiger partial charge < -0.3 is 19.1 Å². The largest absolute Gasteiger partial charge is 0.486 e. The van der Waals surface area contributed by atoms with E-state index in [9.17, 15) is 13.2 Å². The Morgan fingerprint density at radius 1 is 1.00 bits per heavy atom. The first kappa shape index (κ1) is 25.2. The third-order valence-corrected chi connectivity index (χ3v) is 9.15. The van der Waals surface area contributed by atoms with Crippen molar-refractivity contribution in [2.75, 3.05) is 33.3 Å². The minimum absolute atomic E-state index is 0.00998. The van der Waals surface area contributed by atoms with Crippen molar-refractivity contribution in [3.8, 4) is 5.75 Å². The van der Waals surface area contributed by atoms with Crippen LogP contribution in [0.25, 0.3) is 0 Å². The van der Waals surface area contributed by atoms with Crippen molar-refractivity contribution in [3.05, 3.63) is 64.7 Å². The van der Waals surface area contributed by atoms with Crippen molar-refractivity contribution < 1.29 is 27.4 Å². The van der Waals surface area contributed by atoms with Gasteiger partial charge in [-0.2, -0.15) is 4.31 Å². The minimum Gasteiger partial charge on any atom is -0.486 e. The Labute approximate surface area is 213 Å². The second-order valence-electron chi connectivity index (χ2n) is 10.1. The van der Waals surface area contributed by atoms with Crippen LogP contribution < -0.4 is 4.74 Å². The summed E-state index contributed by atoms with van der Waals surface area (Å²) in [4.78, 5) is 15.0. The molecule has 2 bridgehead atoms. The molecule has 0 aliphatic carbocycles. The summed E-state index contributed by atoms with van der Waals surface area (Å²) in [5, 5.41) is 0. The summed E-state index contributed by atoms with van der Waals surface area (Å²) in [6, 6.07) is 13.1. The number of methoxy groups -OCH3 is 1. The highest BCUT2D eigenvalue weighted by molar-refractivity contribution is 7.88. The van der Waals surface area contributed by atoms with Gasteiger partial charge in [-0.15, -0.1) is 0 Å². The molecule has 3 heterocycles. The average molecular weight is 515 g/mol. The van der Waals surface area contributed by atoms with Crippen LogP contribution in [0.2, 0.25) is 0 Å². The summed E-state index contributed by atoms with van der Waals surface area (Å²) in [6.07, 6.45) is 1.23. The van der Waals surface area contributed by atoms with Crippen LogP contribution in [-0.2, 0) is 25.2 Å². The number of fused-ring (bicyclic) bond motifs is 2. The summed E-state index contributed by atoms with van der Waals surface area (Å²) in [7, 11) is -1.84. The molecule has 4 atom stereocenters. The maximum atomic E-state index is 13.2. The van der Waals surface area contributed by atoms with Crippen LogP contribution in [0, 0.1) is 13.8 Å². The highest BCUT2D eigenvalue weighted by Crippen LogP contribution is 2.29. The number of nitrogens with zero attached hydrogens (tertiary/aromatic N) is 2. The number of hydrogen-bond acceptors (Lipinski definition) is 6. The number of rotatable bonds is 7. The standard InChI is InChI=1S/C27H34N2O6S/c1-18-7-8-19(2)24(11-18)27(30)28-15-25(33-3)26(16-28)35-21-6-4-5-20(12-21)17-36(31,32)29-13-22-9-10-23(14-29)34-22/h4-8,11-12,22-23,25-26H,9-10,13-17H2,1-3H3. The van der Waals surface area contributed by atoms with Crippen molar-refractivity contribution in [2.45, 2.75) is 56.9 Å². The lowest BCUT2D eigenvalue weighted by atomic mass is 10.0. The lowest BCUT2D eigenvalue weighted by Crippen LogP contribution is -2.46. The molecule has 4 unspecified atom stereocenters. The fourth-order valence-electron chi connectivity index (χ4n) is 5.38. The summed E-state index contributed by atoms with van der Waals surface area (Å²) >= 11 is 0. The van der Waals surface area contributed by atoms with Gasteiger partial charge in [-0.05, 0) is 56.0 Å². The number of sulfonamides is 1. The lowest BCUT2D eigenvalue weighted by molar-refractivity contribution is -0.0115. The molecule has 194 valence electrons. The van der Waals surface area contributed by atoms with E-state index >= 15 is 0 Å². The van der Waals surface area contributed by atoms with Gasteiger partial charge in [-0.3, -0.25) is 4.79 Å². The van der Waals surface area contributed by atoms with Gasteiger partial charge in [0, 0.05) is 25.8 Å². The first-order valence-corrected chi connectivity index (χ1v) is 14.1. The molecule has 2 aromatic carbocycles. The molecule has 1 amide bonds. The van der Waals surface area contributed by atoms with E-state index < -0.39 is 10.0 Å². The molecule has 36 heavy (non-hydrogen) atoms. The summed E-state index contributed by atoms with van der Waals surface area (Å²) in [5.41, 5.74) is 3.33. The smallest absolute Gasteiger partial charge is 0.254 e. The number of carbonyl (C=O) groups is 1. The van der Waals surface area contributed by atoms with Crippen LogP contribution in [0.4, 0.5) is 0 Å². The Hall–Kier alpha value is -2.46. The number of carbonyl (C=O) groups excluding carboxylic acids is 1. The lowest BCUT2D eigenvalue weighted by Gasteiger charge is -2.31. The predicted octanol–water partition coefficient (Wildman–Crippen LogP) is 2.91. The molecule has 2 aromatic rings. The van der Waals surface area contributed by atoms with Gasteiger partial charge in [0.1, 0.15) is 18.0 Å². The van der Waals surface area contributed by atoms with Crippen LogP contribution in [0.5, 0.6) is 5.75 Å². The molecular formula is C27H34N2O6S. The quantitative estimate of drug-likeness (QED) is 0.565. The highest BCUT2D eigenvalue weighted by Gasteiger charge is 2.39. The molecule has 0 N–H and O–H groups in total. The molecule has 3 saturated heterocycles. The fourth-order valence-corrected chi connectivity index (χ4v) is 6.95. The van der Waals surface area contributed by atoms with E-state index in [-0.39, 0.29) is 36.1 Å². The molecule has 3 aliphatic heterocycles. The summed E-state index contributed by atoms with van der Waals surface area (Å²) in [6.45, 7) is 5.59. The Balaban J connectivity index is 1.26. The van der Waals surface area contributed by atoms with Gasteiger partial charge in [0.05, 0.1) is 31.1 Å². The number of aryl methyl sites for hydroxylation is 2. The van der Waals surface area contributed by atoms with E-state index in [4.69, 9.17) is 14.2 Å².